The fourth-order valence-corrected chi connectivity index (χ4v) is 2.11. The van der Waals surface area contributed by atoms with Crippen LogP contribution in [0.4, 0.5) is 17.1 Å². The Balaban J connectivity index is 2.56. The number of rotatable bonds is 10. The molecule has 1 rings (SSSR count). The van der Waals surface area contributed by atoms with Gasteiger partial charge < -0.3 is 21.5 Å². The summed E-state index contributed by atoms with van der Waals surface area (Å²) in [5, 5.41) is 15.0. The number of carbonyl (C=O) groups is 1. The minimum absolute atomic E-state index is 0.166. The predicted octanol–water partition coefficient (Wildman–Crippen LogP) is 1.51. The molecule has 6 nitrogen and oxygen atoms in total. The van der Waals surface area contributed by atoms with E-state index in [0.29, 0.717) is 17.9 Å². The van der Waals surface area contributed by atoms with Crippen LogP contribution in [0.5, 0.6) is 0 Å². The van der Waals surface area contributed by atoms with Crippen molar-refractivity contribution in [2.45, 2.75) is 13.3 Å². The number of amides is 1. The molecule has 1 aromatic carbocycles. The SMILES string of the molecule is C=CC(=O)Nc1cc(NCCN(CCC)CCO)ccc1N. The Morgan fingerprint density at radius 3 is 2.82 bits per heavy atom. The molecular formula is C16H26N4O2. The highest BCUT2D eigenvalue weighted by molar-refractivity contribution is 6.01. The van der Waals surface area contributed by atoms with Gasteiger partial charge in [-0.1, -0.05) is 13.5 Å². The van der Waals surface area contributed by atoms with Crippen molar-refractivity contribution in [2.24, 2.45) is 0 Å². The maximum Gasteiger partial charge on any atom is 0.247 e. The highest BCUT2D eigenvalue weighted by atomic mass is 16.3. The van der Waals surface area contributed by atoms with E-state index in [-0.39, 0.29) is 12.5 Å². The highest BCUT2D eigenvalue weighted by Gasteiger charge is 2.05. The van der Waals surface area contributed by atoms with E-state index in [1.807, 2.05) is 6.07 Å². The predicted molar refractivity (Wildman–Crippen MR) is 92.0 cm³/mol. The molecule has 0 heterocycles. The quantitative estimate of drug-likeness (QED) is 0.388. The maximum atomic E-state index is 11.4. The molecule has 0 fully saturated rings. The standard InChI is InChI=1S/C16H26N4O2/c1-3-8-20(10-11-21)9-7-18-13-5-6-14(17)15(12-13)19-16(22)4-2/h4-6,12,18,21H,2-3,7-11,17H2,1H3,(H,19,22). The first kappa shape index (κ1) is 18.0. The third-order valence-electron chi connectivity index (χ3n) is 3.21. The lowest BCUT2D eigenvalue weighted by Gasteiger charge is -2.21. The van der Waals surface area contributed by atoms with Gasteiger partial charge in [0.15, 0.2) is 0 Å². The number of anilines is 3. The second kappa shape index (κ2) is 9.81. The summed E-state index contributed by atoms with van der Waals surface area (Å²) < 4.78 is 0. The average Bonchev–Trinajstić information content (AvgIpc) is 2.50. The molecule has 0 atom stereocenters. The van der Waals surface area contributed by atoms with Crippen molar-refractivity contribution in [1.82, 2.24) is 4.90 Å². The van der Waals surface area contributed by atoms with Crippen LogP contribution >= 0.6 is 0 Å². The van der Waals surface area contributed by atoms with Gasteiger partial charge in [0.1, 0.15) is 0 Å². The van der Waals surface area contributed by atoms with Crippen LogP contribution < -0.4 is 16.4 Å². The number of aliphatic hydroxyl groups excluding tert-OH is 1. The number of carbonyl (C=O) groups excluding carboxylic acids is 1. The van der Waals surface area contributed by atoms with Crippen LogP contribution in [0.1, 0.15) is 13.3 Å². The van der Waals surface area contributed by atoms with Gasteiger partial charge in [0, 0.05) is 25.3 Å². The van der Waals surface area contributed by atoms with Crippen LogP contribution in [0.3, 0.4) is 0 Å². The van der Waals surface area contributed by atoms with Crippen LogP contribution in [0, 0.1) is 0 Å². The number of nitrogens with zero attached hydrogens (tertiary/aromatic N) is 1. The molecule has 0 aliphatic carbocycles. The number of aliphatic hydroxyl groups is 1. The largest absolute Gasteiger partial charge is 0.397 e. The van der Waals surface area contributed by atoms with Gasteiger partial charge in [-0.2, -0.15) is 0 Å². The summed E-state index contributed by atoms with van der Waals surface area (Å²) in [6.07, 6.45) is 2.26. The Bertz CT molecular complexity index is 485. The van der Waals surface area contributed by atoms with Gasteiger partial charge in [0.25, 0.3) is 0 Å². The van der Waals surface area contributed by atoms with Crippen molar-refractivity contribution in [1.29, 1.82) is 0 Å². The molecule has 0 spiro atoms. The Morgan fingerprint density at radius 2 is 2.18 bits per heavy atom. The van der Waals surface area contributed by atoms with Crippen LogP contribution in [0.25, 0.3) is 0 Å². The zero-order valence-electron chi connectivity index (χ0n) is 13.1. The summed E-state index contributed by atoms with van der Waals surface area (Å²) in [7, 11) is 0. The number of hydrogen-bond donors (Lipinski definition) is 4. The molecule has 6 heteroatoms. The van der Waals surface area contributed by atoms with Crippen molar-refractivity contribution in [2.75, 3.05) is 49.2 Å². The maximum absolute atomic E-state index is 11.4. The minimum Gasteiger partial charge on any atom is -0.397 e. The summed E-state index contributed by atoms with van der Waals surface area (Å²) in [5.74, 6) is -0.291. The smallest absolute Gasteiger partial charge is 0.247 e. The molecule has 1 amide bonds. The van der Waals surface area contributed by atoms with Crippen molar-refractivity contribution < 1.29 is 9.90 Å². The Hall–Kier alpha value is -2.05. The summed E-state index contributed by atoms with van der Waals surface area (Å²) in [5.41, 5.74) is 7.79. The fourth-order valence-electron chi connectivity index (χ4n) is 2.11. The molecule has 0 bridgehead atoms. The minimum atomic E-state index is -0.291. The molecule has 0 aliphatic heterocycles. The van der Waals surface area contributed by atoms with E-state index in [2.05, 4.69) is 29.0 Å². The second-order valence-electron chi connectivity index (χ2n) is 4.99. The highest BCUT2D eigenvalue weighted by Crippen LogP contribution is 2.22. The van der Waals surface area contributed by atoms with E-state index < -0.39 is 0 Å². The zero-order valence-corrected chi connectivity index (χ0v) is 13.1. The van der Waals surface area contributed by atoms with Gasteiger partial charge in [-0.3, -0.25) is 9.69 Å². The lowest BCUT2D eigenvalue weighted by molar-refractivity contribution is -0.111. The lowest BCUT2D eigenvalue weighted by Crippen LogP contribution is -2.32. The van der Waals surface area contributed by atoms with E-state index in [0.717, 1.165) is 31.7 Å². The van der Waals surface area contributed by atoms with Gasteiger partial charge in [-0.05, 0) is 37.2 Å². The third kappa shape index (κ3) is 6.15. The van der Waals surface area contributed by atoms with Gasteiger partial charge in [-0.25, -0.2) is 0 Å². The Morgan fingerprint density at radius 1 is 1.41 bits per heavy atom. The molecule has 0 unspecified atom stereocenters. The van der Waals surface area contributed by atoms with Crippen molar-refractivity contribution >= 4 is 23.0 Å². The van der Waals surface area contributed by atoms with E-state index >= 15 is 0 Å². The van der Waals surface area contributed by atoms with Crippen molar-refractivity contribution in [3.8, 4) is 0 Å². The van der Waals surface area contributed by atoms with Gasteiger partial charge in [0.2, 0.25) is 5.91 Å². The first-order valence-electron chi connectivity index (χ1n) is 7.50. The van der Waals surface area contributed by atoms with Crippen LogP contribution in [0.2, 0.25) is 0 Å². The van der Waals surface area contributed by atoms with Crippen LogP contribution in [0.15, 0.2) is 30.9 Å². The molecule has 1 aromatic rings. The first-order valence-corrected chi connectivity index (χ1v) is 7.50. The molecule has 0 aromatic heterocycles. The summed E-state index contributed by atoms with van der Waals surface area (Å²) >= 11 is 0. The first-order chi connectivity index (χ1) is 10.6. The monoisotopic (exact) mass is 306 g/mol. The molecule has 22 heavy (non-hydrogen) atoms. The van der Waals surface area contributed by atoms with E-state index in [1.165, 1.54) is 6.08 Å². The molecule has 122 valence electrons. The van der Waals surface area contributed by atoms with E-state index in [1.54, 1.807) is 12.1 Å². The van der Waals surface area contributed by atoms with Gasteiger partial charge >= 0.3 is 0 Å². The molecule has 0 saturated heterocycles. The fraction of sp³-hybridized carbons (Fsp3) is 0.438. The number of nitrogen functional groups attached to an aromatic ring is 1. The Labute approximate surface area is 132 Å². The molecule has 5 N–H and O–H groups in total. The van der Waals surface area contributed by atoms with E-state index in [4.69, 9.17) is 10.8 Å². The van der Waals surface area contributed by atoms with E-state index in [9.17, 15) is 4.79 Å². The Kier molecular flexibility index (Phi) is 8.03. The number of nitrogens with two attached hydrogens (primary N) is 1. The second-order valence-corrected chi connectivity index (χ2v) is 4.99. The van der Waals surface area contributed by atoms with Crippen LogP contribution in [-0.4, -0.2) is 48.7 Å². The molecule has 0 saturated carbocycles. The lowest BCUT2D eigenvalue weighted by atomic mass is 10.2. The number of benzene rings is 1. The third-order valence-corrected chi connectivity index (χ3v) is 3.21. The zero-order chi connectivity index (χ0) is 16.4. The molecule has 0 aliphatic rings. The molecular weight excluding hydrogens is 280 g/mol. The normalized spacial score (nSPS) is 10.5. The van der Waals surface area contributed by atoms with Gasteiger partial charge in [0.05, 0.1) is 18.0 Å². The number of nitrogens with one attached hydrogen (secondary N) is 2. The van der Waals surface area contributed by atoms with Crippen molar-refractivity contribution in [3.05, 3.63) is 30.9 Å². The van der Waals surface area contributed by atoms with Gasteiger partial charge in [-0.15, -0.1) is 0 Å². The summed E-state index contributed by atoms with van der Waals surface area (Å²) in [6, 6.07) is 5.42. The topological polar surface area (TPSA) is 90.6 Å². The van der Waals surface area contributed by atoms with Crippen molar-refractivity contribution in [3.63, 3.8) is 0 Å². The summed E-state index contributed by atoms with van der Waals surface area (Å²) in [6.45, 7) is 8.93. The summed E-state index contributed by atoms with van der Waals surface area (Å²) in [4.78, 5) is 13.6. The molecule has 0 radical (unpaired) electrons. The number of hydrogen-bond acceptors (Lipinski definition) is 5. The van der Waals surface area contributed by atoms with Crippen LogP contribution in [-0.2, 0) is 4.79 Å². The average molecular weight is 306 g/mol.